The Labute approximate surface area is 117 Å². The molecule has 1 aliphatic rings. The van der Waals surface area contributed by atoms with Crippen LogP contribution in [0, 0.1) is 5.92 Å². The Hall–Kier alpha value is -1.04. The number of hydrogen-bond acceptors (Lipinski definition) is 4. The summed E-state index contributed by atoms with van der Waals surface area (Å²) in [5, 5.41) is 13.9. The minimum absolute atomic E-state index is 0.163. The second-order valence-corrected chi connectivity index (χ2v) is 6.15. The zero-order valence-corrected chi connectivity index (χ0v) is 11.8. The summed E-state index contributed by atoms with van der Waals surface area (Å²) in [6.07, 6.45) is 2.42. The van der Waals surface area contributed by atoms with Crippen molar-refractivity contribution in [2.75, 3.05) is 19.4 Å². The van der Waals surface area contributed by atoms with E-state index in [0.717, 1.165) is 21.9 Å². The summed E-state index contributed by atoms with van der Waals surface area (Å²) in [6.45, 7) is 0.182. The van der Waals surface area contributed by atoms with E-state index in [1.807, 2.05) is 31.3 Å². The number of aliphatic hydroxyl groups excluding tert-OH is 1. The van der Waals surface area contributed by atoms with Crippen LogP contribution < -0.4 is 5.32 Å². The first kappa shape index (κ1) is 13.0. The van der Waals surface area contributed by atoms with Crippen LogP contribution in [0.2, 0.25) is 0 Å². The molecular formula is C14H19N3OS. The van der Waals surface area contributed by atoms with Crippen LogP contribution in [0.4, 0.5) is 0 Å². The van der Waals surface area contributed by atoms with Gasteiger partial charge in [0, 0.05) is 5.75 Å². The molecule has 0 radical (unpaired) electrons. The topological polar surface area (TPSA) is 60.9 Å². The molecule has 0 bridgehead atoms. The molecule has 1 unspecified atom stereocenters. The van der Waals surface area contributed by atoms with E-state index in [1.54, 1.807) is 11.8 Å². The smallest absolute Gasteiger partial charge is 0.166 e. The van der Waals surface area contributed by atoms with Gasteiger partial charge in [-0.15, -0.1) is 0 Å². The fourth-order valence-electron chi connectivity index (χ4n) is 2.48. The van der Waals surface area contributed by atoms with Gasteiger partial charge < -0.3 is 15.4 Å². The molecule has 1 aromatic heterocycles. The Bertz CT molecular complexity index is 528. The number of thioether (sulfide) groups is 1. The monoisotopic (exact) mass is 277 g/mol. The lowest BCUT2D eigenvalue weighted by molar-refractivity contribution is 0.167. The molecule has 102 valence electrons. The highest BCUT2D eigenvalue weighted by Gasteiger charge is 2.43. The fourth-order valence-corrected chi connectivity index (χ4v) is 3.69. The first-order valence-electron chi connectivity index (χ1n) is 6.65. The number of aromatic amines is 1. The maximum absolute atomic E-state index is 9.70. The Morgan fingerprint density at radius 3 is 2.89 bits per heavy atom. The predicted molar refractivity (Wildman–Crippen MR) is 78.4 cm³/mol. The van der Waals surface area contributed by atoms with E-state index in [0.29, 0.717) is 5.92 Å². The Morgan fingerprint density at radius 1 is 1.47 bits per heavy atom. The highest BCUT2D eigenvalue weighted by molar-refractivity contribution is 7.99. The molecule has 4 nitrogen and oxygen atoms in total. The third kappa shape index (κ3) is 2.50. The van der Waals surface area contributed by atoms with E-state index < -0.39 is 0 Å². The first-order valence-corrected chi connectivity index (χ1v) is 7.63. The van der Waals surface area contributed by atoms with Gasteiger partial charge in [0.1, 0.15) is 0 Å². The van der Waals surface area contributed by atoms with Gasteiger partial charge in [-0.1, -0.05) is 23.9 Å². The number of aromatic nitrogens is 2. The third-order valence-electron chi connectivity index (χ3n) is 3.97. The van der Waals surface area contributed by atoms with Crippen molar-refractivity contribution >= 4 is 22.8 Å². The SMILES string of the molecule is CNC(CO)(CSc1nc2ccccc2[nH]1)C1CC1. The molecule has 0 amide bonds. The molecule has 19 heavy (non-hydrogen) atoms. The number of nitrogens with zero attached hydrogens (tertiary/aromatic N) is 1. The van der Waals surface area contributed by atoms with Crippen LogP contribution in [0.25, 0.3) is 11.0 Å². The van der Waals surface area contributed by atoms with E-state index in [4.69, 9.17) is 0 Å². The minimum Gasteiger partial charge on any atom is -0.394 e. The molecule has 0 spiro atoms. The van der Waals surface area contributed by atoms with Crippen LogP contribution in [0.5, 0.6) is 0 Å². The highest BCUT2D eigenvalue weighted by atomic mass is 32.2. The molecule has 1 atom stereocenters. The summed E-state index contributed by atoms with van der Waals surface area (Å²) in [5.74, 6) is 1.43. The normalized spacial score (nSPS) is 18.6. The van der Waals surface area contributed by atoms with Gasteiger partial charge in [0.25, 0.3) is 0 Å². The lowest BCUT2D eigenvalue weighted by Gasteiger charge is -2.31. The Balaban J connectivity index is 1.74. The molecule has 1 heterocycles. The number of para-hydroxylation sites is 2. The second kappa shape index (κ2) is 5.15. The molecule has 5 heteroatoms. The predicted octanol–water partition coefficient (Wildman–Crippen LogP) is 2.02. The summed E-state index contributed by atoms with van der Waals surface area (Å²) in [4.78, 5) is 7.88. The molecule has 1 aliphatic carbocycles. The zero-order chi connectivity index (χ0) is 13.3. The van der Waals surface area contributed by atoms with Gasteiger partial charge in [0.15, 0.2) is 5.16 Å². The molecule has 3 N–H and O–H groups in total. The number of likely N-dealkylation sites (N-methyl/N-ethyl adjacent to an activating group) is 1. The van der Waals surface area contributed by atoms with Crippen molar-refractivity contribution < 1.29 is 5.11 Å². The van der Waals surface area contributed by atoms with Crippen molar-refractivity contribution in [3.63, 3.8) is 0 Å². The van der Waals surface area contributed by atoms with Gasteiger partial charge in [-0.05, 0) is 37.9 Å². The maximum Gasteiger partial charge on any atom is 0.166 e. The molecule has 2 aromatic rings. The number of H-pyrrole nitrogens is 1. The summed E-state index contributed by atoms with van der Waals surface area (Å²) in [5.41, 5.74) is 1.90. The van der Waals surface area contributed by atoms with E-state index in [1.165, 1.54) is 12.8 Å². The van der Waals surface area contributed by atoms with Crippen LogP contribution in [0.1, 0.15) is 12.8 Å². The molecule has 0 saturated heterocycles. The van der Waals surface area contributed by atoms with Gasteiger partial charge in [-0.2, -0.15) is 0 Å². The van der Waals surface area contributed by atoms with E-state index in [-0.39, 0.29) is 12.1 Å². The minimum atomic E-state index is -0.163. The third-order valence-corrected chi connectivity index (χ3v) is 5.10. The quantitative estimate of drug-likeness (QED) is 0.707. The van der Waals surface area contributed by atoms with Crippen molar-refractivity contribution in [1.29, 1.82) is 0 Å². The summed E-state index contributed by atoms with van der Waals surface area (Å²) >= 11 is 1.68. The van der Waals surface area contributed by atoms with Crippen molar-refractivity contribution in [2.45, 2.75) is 23.5 Å². The highest BCUT2D eigenvalue weighted by Crippen LogP contribution is 2.41. The largest absolute Gasteiger partial charge is 0.394 e. The molecule has 0 aliphatic heterocycles. The number of hydrogen-bond donors (Lipinski definition) is 3. The summed E-state index contributed by atoms with van der Waals surface area (Å²) in [7, 11) is 1.94. The average molecular weight is 277 g/mol. The lowest BCUT2D eigenvalue weighted by atomic mass is 9.97. The standard InChI is InChI=1S/C14H19N3OS/c1-15-14(8-18,10-6-7-10)9-19-13-16-11-4-2-3-5-12(11)17-13/h2-5,10,15,18H,6-9H2,1H3,(H,16,17). The van der Waals surface area contributed by atoms with E-state index in [2.05, 4.69) is 15.3 Å². The molecule has 1 aromatic carbocycles. The number of rotatable bonds is 6. The fraction of sp³-hybridized carbons (Fsp3) is 0.500. The van der Waals surface area contributed by atoms with Crippen LogP contribution in [-0.2, 0) is 0 Å². The number of aliphatic hydroxyl groups is 1. The Morgan fingerprint density at radius 2 is 2.26 bits per heavy atom. The van der Waals surface area contributed by atoms with E-state index >= 15 is 0 Å². The lowest BCUT2D eigenvalue weighted by Crippen LogP contribution is -2.51. The van der Waals surface area contributed by atoms with Gasteiger partial charge in [-0.25, -0.2) is 4.98 Å². The van der Waals surface area contributed by atoms with Gasteiger partial charge in [0.2, 0.25) is 0 Å². The molecule has 1 saturated carbocycles. The second-order valence-electron chi connectivity index (χ2n) is 5.19. The van der Waals surface area contributed by atoms with Gasteiger partial charge in [0.05, 0.1) is 23.2 Å². The van der Waals surface area contributed by atoms with Crippen molar-refractivity contribution in [3.05, 3.63) is 24.3 Å². The van der Waals surface area contributed by atoms with Crippen LogP contribution in [0.3, 0.4) is 0 Å². The maximum atomic E-state index is 9.70. The number of benzene rings is 1. The molecule has 1 fully saturated rings. The van der Waals surface area contributed by atoms with Crippen molar-refractivity contribution in [2.24, 2.45) is 5.92 Å². The van der Waals surface area contributed by atoms with Crippen LogP contribution in [0.15, 0.2) is 29.4 Å². The summed E-state index contributed by atoms with van der Waals surface area (Å²) in [6, 6.07) is 8.04. The Kier molecular flexibility index (Phi) is 3.52. The van der Waals surface area contributed by atoms with Gasteiger partial charge in [-0.3, -0.25) is 0 Å². The van der Waals surface area contributed by atoms with Crippen molar-refractivity contribution in [3.8, 4) is 0 Å². The summed E-state index contributed by atoms with van der Waals surface area (Å²) < 4.78 is 0. The van der Waals surface area contributed by atoms with Crippen LogP contribution >= 0.6 is 11.8 Å². The average Bonchev–Trinajstić information content (AvgIpc) is 3.21. The molecular weight excluding hydrogens is 258 g/mol. The zero-order valence-electron chi connectivity index (χ0n) is 11.0. The van der Waals surface area contributed by atoms with Crippen LogP contribution in [-0.4, -0.2) is 40.0 Å². The molecule has 3 rings (SSSR count). The van der Waals surface area contributed by atoms with E-state index in [9.17, 15) is 5.11 Å². The van der Waals surface area contributed by atoms with Gasteiger partial charge >= 0.3 is 0 Å². The number of nitrogens with one attached hydrogen (secondary N) is 2. The number of fused-ring (bicyclic) bond motifs is 1. The van der Waals surface area contributed by atoms with Crippen molar-refractivity contribution in [1.82, 2.24) is 15.3 Å². The number of imidazole rings is 1. The first-order chi connectivity index (χ1) is 9.27.